The van der Waals surface area contributed by atoms with Crippen molar-refractivity contribution in [2.45, 2.75) is 106 Å². The highest BCUT2D eigenvalue weighted by atomic mass is 16.3. The van der Waals surface area contributed by atoms with Crippen molar-refractivity contribution in [3.8, 4) is 11.9 Å². The molecule has 8 nitrogen and oxygen atoms in total. The third-order valence-corrected chi connectivity index (χ3v) is 7.93. The molecule has 8 heteroatoms. The summed E-state index contributed by atoms with van der Waals surface area (Å²) in [5.74, 6) is 0.663. The molecule has 0 aliphatic rings. The third-order valence-electron chi connectivity index (χ3n) is 7.93. The number of aromatic hydroxyl groups is 1. The van der Waals surface area contributed by atoms with Crippen LogP contribution in [0.3, 0.4) is 0 Å². The summed E-state index contributed by atoms with van der Waals surface area (Å²) in [5.41, 5.74) is 0.933. The molecule has 2 rings (SSSR count). The van der Waals surface area contributed by atoms with E-state index in [-0.39, 0.29) is 35.1 Å². The first-order valence-electron chi connectivity index (χ1n) is 15.4. The van der Waals surface area contributed by atoms with E-state index >= 15 is 0 Å². The highest BCUT2D eigenvalue weighted by Gasteiger charge is 2.23. The Bertz CT molecular complexity index is 1230. The van der Waals surface area contributed by atoms with E-state index in [1.165, 1.54) is 12.8 Å². The lowest BCUT2D eigenvalue weighted by atomic mass is 9.95. The van der Waals surface area contributed by atoms with Gasteiger partial charge in [0.05, 0.1) is 5.69 Å². The Morgan fingerprint density at radius 1 is 0.951 bits per heavy atom. The number of carbonyl (C=O) groups excluding carboxylic acids is 1. The van der Waals surface area contributed by atoms with Gasteiger partial charge >= 0.3 is 0 Å². The minimum atomic E-state index is -0.492. The highest BCUT2D eigenvalue weighted by molar-refractivity contribution is 5.94. The number of azo groups is 1. The Morgan fingerprint density at radius 2 is 1.51 bits per heavy atom. The van der Waals surface area contributed by atoms with E-state index in [1.807, 2.05) is 13.0 Å². The minimum Gasteiger partial charge on any atom is -0.493 e. The van der Waals surface area contributed by atoms with Gasteiger partial charge in [-0.15, -0.1) is 5.11 Å². The van der Waals surface area contributed by atoms with Crippen LogP contribution in [0.2, 0.25) is 0 Å². The zero-order valence-electron chi connectivity index (χ0n) is 25.9. The van der Waals surface area contributed by atoms with Gasteiger partial charge in [0, 0.05) is 30.8 Å². The Labute approximate surface area is 246 Å². The second kappa shape index (κ2) is 17.4. The number of nitriles is 1. The van der Waals surface area contributed by atoms with Crippen LogP contribution in [0.4, 0.5) is 11.4 Å². The van der Waals surface area contributed by atoms with Crippen LogP contribution < -0.4 is 5.56 Å². The summed E-state index contributed by atoms with van der Waals surface area (Å²) in [5, 5.41) is 28.3. The Balaban J connectivity index is 2.33. The summed E-state index contributed by atoms with van der Waals surface area (Å²) in [6.07, 6.45) is 9.64. The predicted octanol–water partition coefficient (Wildman–Crippen LogP) is 8.43. The lowest BCUT2D eigenvalue weighted by Crippen LogP contribution is -2.39. The lowest BCUT2D eigenvalue weighted by Gasteiger charge is -2.31. The topological polar surface area (TPSA) is 111 Å². The van der Waals surface area contributed by atoms with Crippen LogP contribution in [0, 0.1) is 30.1 Å². The van der Waals surface area contributed by atoms with Crippen LogP contribution in [0.5, 0.6) is 5.88 Å². The summed E-state index contributed by atoms with van der Waals surface area (Å²) in [6, 6.07) is 8.95. The number of amides is 1. The molecule has 0 spiro atoms. The predicted molar refractivity (Wildman–Crippen MR) is 165 cm³/mol. The number of aromatic nitrogens is 1. The number of benzene rings is 1. The molecular formula is C33H49N5O3. The van der Waals surface area contributed by atoms with Crippen LogP contribution in [-0.2, 0) is 6.54 Å². The highest BCUT2D eigenvalue weighted by Crippen LogP contribution is 2.27. The van der Waals surface area contributed by atoms with Crippen molar-refractivity contribution in [2.24, 2.45) is 22.1 Å². The van der Waals surface area contributed by atoms with Crippen molar-refractivity contribution in [2.75, 3.05) is 13.1 Å². The molecule has 2 atom stereocenters. The quantitative estimate of drug-likeness (QED) is 0.195. The van der Waals surface area contributed by atoms with Gasteiger partial charge in [0.15, 0.2) is 5.69 Å². The van der Waals surface area contributed by atoms with Gasteiger partial charge < -0.3 is 10.0 Å². The fraction of sp³-hybridized carbons (Fsp3) is 0.606. The average molecular weight is 564 g/mol. The maximum absolute atomic E-state index is 13.8. The number of nitrogens with zero attached hydrogens (tertiary/aromatic N) is 5. The summed E-state index contributed by atoms with van der Waals surface area (Å²) >= 11 is 0. The van der Waals surface area contributed by atoms with E-state index in [0.29, 0.717) is 29.5 Å². The van der Waals surface area contributed by atoms with Crippen LogP contribution in [0.15, 0.2) is 39.3 Å². The molecule has 0 saturated heterocycles. The molecule has 1 aromatic carbocycles. The number of hydrogen-bond acceptors (Lipinski definition) is 6. The van der Waals surface area contributed by atoms with Gasteiger partial charge in [-0.05, 0) is 62.3 Å². The van der Waals surface area contributed by atoms with E-state index < -0.39 is 5.56 Å². The Morgan fingerprint density at radius 3 is 1.98 bits per heavy atom. The molecule has 2 unspecified atom stereocenters. The lowest BCUT2D eigenvalue weighted by molar-refractivity contribution is 0.0685. The fourth-order valence-electron chi connectivity index (χ4n) is 5.15. The van der Waals surface area contributed by atoms with E-state index in [2.05, 4.69) is 42.8 Å². The maximum Gasteiger partial charge on any atom is 0.281 e. The standard InChI is InChI=1S/C33H49N5O3/c1-7-12-14-25(10-4)22-37(23-26(11-5)15-13-8-2)31(39)27-16-18-28(19-17-27)35-36-30-24(6)29(21-34)32(40)38(20-9-3)33(30)41/h16-19,25-26,40H,7-15,20,22-23H2,1-6H3. The zero-order valence-corrected chi connectivity index (χ0v) is 25.9. The summed E-state index contributed by atoms with van der Waals surface area (Å²) in [4.78, 5) is 28.8. The molecule has 0 saturated carbocycles. The molecule has 1 heterocycles. The first kappa shape index (κ1) is 33.7. The molecule has 1 aromatic heterocycles. The second-order valence-corrected chi connectivity index (χ2v) is 11.0. The van der Waals surface area contributed by atoms with Gasteiger partial charge in [-0.2, -0.15) is 10.4 Å². The molecule has 0 aliphatic heterocycles. The molecule has 0 radical (unpaired) electrons. The van der Waals surface area contributed by atoms with Crippen LogP contribution in [0.25, 0.3) is 0 Å². The normalized spacial score (nSPS) is 12.8. The van der Waals surface area contributed by atoms with E-state index in [4.69, 9.17) is 0 Å². The van der Waals surface area contributed by atoms with Gasteiger partial charge in [0.1, 0.15) is 11.6 Å². The monoisotopic (exact) mass is 563 g/mol. The van der Waals surface area contributed by atoms with Gasteiger partial charge in [-0.3, -0.25) is 14.2 Å². The first-order valence-corrected chi connectivity index (χ1v) is 15.4. The van der Waals surface area contributed by atoms with Gasteiger partial charge in [-0.25, -0.2) is 0 Å². The van der Waals surface area contributed by atoms with Crippen molar-refractivity contribution in [1.29, 1.82) is 5.26 Å². The summed E-state index contributed by atoms with van der Waals surface area (Å²) in [7, 11) is 0. The molecule has 224 valence electrons. The Kier molecular flexibility index (Phi) is 14.3. The number of rotatable bonds is 17. The van der Waals surface area contributed by atoms with Crippen molar-refractivity contribution < 1.29 is 9.90 Å². The molecule has 0 aliphatic carbocycles. The van der Waals surface area contributed by atoms with Crippen LogP contribution in [0.1, 0.15) is 114 Å². The average Bonchev–Trinajstić information content (AvgIpc) is 2.98. The number of carbonyl (C=O) groups is 1. The molecule has 0 bridgehead atoms. The van der Waals surface area contributed by atoms with Gasteiger partial charge in [0.25, 0.3) is 11.5 Å². The van der Waals surface area contributed by atoms with Crippen molar-refractivity contribution in [1.82, 2.24) is 9.47 Å². The number of hydrogen-bond donors (Lipinski definition) is 1. The molecule has 0 fully saturated rings. The molecule has 41 heavy (non-hydrogen) atoms. The van der Waals surface area contributed by atoms with Gasteiger partial charge in [0.2, 0.25) is 5.88 Å². The fourth-order valence-corrected chi connectivity index (χ4v) is 5.15. The van der Waals surface area contributed by atoms with E-state index in [9.17, 15) is 20.0 Å². The summed E-state index contributed by atoms with van der Waals surface area (Å²) in [6.45, 7) is 14.1. The minimum absolute atomic E-state index is 0.0154. The Hall–Kier alpha value is -3.47. The zero-order chi connectivity index (χ0) is 30.4. The second-order valence-electron chi connectivity index (χ2n) is 11.0. The van der Waals surface area contributed by atoms with Crippen molar-refractivity contribution >= 4 is 17.3 Å². The molecule has 1 amide bonds. The molecular weight excluding hydrogens is 514 g/mol. The number of unbranched alkanes of at least 4 members (excludes halogenated alkanes) is 2. The third kappa shape index (κ3) is 9.27. The summed E-state index contributed by atoms with van der Waals surface area (Å²) < 4.78 is 1.16. The van der Waals surface area contributed by atoms with Crippen LogP contribution in [-0.4, -0.2) is 33.6 Å². The molecule has 1 N–H and O–H groups in total. The molecule has 2 aromatic rings. The van der Waals surface area contributed by atoms with Crippen LogP contribution >= 0.6 is 0 Å². The SMILES string of the molecule is CCCCC(CC)CN(CC(CC)CCCC)C(=O)c1ccc(N=Nc2c(C)c(C#N)c(O)n(CCC)c2=O)cc1. The van der Waals surface area contributed by atoms with Gasteiger partial charge in [-0.1, -0.05) is 73.1 Å². The van der Waals surface area contributed by atoms with E-state index in [0.717, 1.165) is 56.2 Å². The number of pyridine rings is 1. The van der Waals surface area contributed by atoms with E-state index in [1.54, 1.807) is 31.2 Å². The van der Waals surface area contributed by atoms with Crippen molar-refractivity contribution in [3.05, 3.63) is 51.3 Å². The van der Waals surface area contributed by atoms with Crippen molar-refractivity contribution in [3.63, 3.8) is 0 Å². The largest absolute Gasteiger partial charge is 0.493 e. The smallest absolute Gasteiger partial charge is 0.281 e. The maximum atomic E-state index is 13.8. The first-order chi connectivity index (χ1) is 19.8.